The first-order valence-corrected chi connectivity index (χ1v) is 19.9. The number of likely N-dealkylation sites (N-methyl/N-ethyl adjacent to an activating group) is 1. The highest BCUT2D eigenvalue weighted by Crippen LogP contribution is 2.65. The number of carbonyl (C=O) groups is 4. The maximum atomic E-state index is 14.3. The van der Waals surface area contributed by atoms with Crippen LogP contribution in [-0.2, 0) is 30.8 Å². The summed E-state index contributed by atoms with van der Waals surface area (Å²) < 4.78 is 58.0. The highest BCUT2D eigenvalue weighted by molar-refractivity contribution is 7.88. The number of halogens is 3. The maximum absolute atomic E-state index is 14.3. The summed E-state index contributed by atoms with van der Waals surface area (Å²) in [5.74, 6) is -1.93. The van der Waals surface area contributed by atoms with Gasteiger partial charge in [0.1, 0.15) is 23.9 Å². The largest absolute Gasteiger partial charge is 0.495 e. The molecule has 0 unspecified atom stereocenters. The zero-order chi connectivity index (χ0) is 40.4. The quantitative estimate of drug-likeness (QED) is 0.211. The van der Waals surface area contributed by atoms with E-state index in [1.54, 1.807) is 39.0 Å². The van der Waals surface area contributed by atoms with Gasteiger partial charge in [-0.05, 0) is 52.2 Å². The molecule has 0 bridgehead atoms. The molecular weight excluding hydrogens is 734 g/mol. The number of hydrogen-bond donors (Lipinski definition) is 4. The average Bonchev–Trinajstić information content (AvgIpc) is 3.32. The number of likely N-dealkylation sites (tertiary alicyclic amines) is 1. The van der Waals surface area contributed by atoms with Gasteiger partial charge in [0, 0.05) is 39.1 Å². The van der Waals surface area contributed by atoms with Crippen molar-refractivity contribution in [2.75, 3.05) is 40.0 Å². The van der Waals surface area contributed by atoms with Crippen LogP contribution in [0, 0.1) is 28.1 Å². The molecule has 1 aromatic carbocycles. The molecule has 1 saturated heterocycles. The summed E-state index contributed by atoms with van der Waals surface area (Å²) >= 11 is 6.19. The Balaban J connectivity index is 1.79. The van der Waals surface area contributed by atoms with E-state index in [9.17, 15) is 36.4 Å². The molecule has 5 amide bonds. The topological polar surface area (TPSA) is 166 Å². The number of carbonyl (C=O) groups excluding carboxylic acids is 4. The molecule has 4 N–H and O–H groups in total. The summed E-state index contributed by atoms with van der Waals surface area (Å²) in [5, 5.41) is 11.1. The van der Waals surface area contributed by atoms with E-state index in [0.717, 1.165) is 16.1 Å². The number of nitrogens with zero attached hydrogens (tertiary/aromatic N) is 2. The number of nitrogens with one attached hydrogen (secondary N) is 4. The second-order valence-electron chi connectivity index (χ2n) is 17.0. The van der Waals surface area contributed by atoms with Crippen molar-refractivity contribution >= 4 is 45.4 Å². The minimum absolute atomic E-state index is 0.0140. The summed E-state index contributed by atoms with van der Waals surface area (Å²) in [6.45, 7) is 15.0. The van der Waals surface area contributed by atoms with Crippen LogP contribution in [0.4, 0.5) is 13.6 Å². The monoisotopic (exact) mass is 790 g/mol. The van der Waals surface area contributed by atoms with E-state index in [2.05, 4.69) is 21.3 Å². The molecule has 1 saturated carbocycles. The lowest BCUT2D eigenvalue weighted by Crippen LogP contribution is -2.62. The predicted octanol–water partition coefficient (Wildman–Crippen LogP) is 3.65. The fourth-order valence-electron chi connectivity index (χ4n) is 6.87. The van der Waals surface area contributed by atoms with E-state index in [0.29, 0.717) is 17.2 Å². The van der Waals surface area contributed by atoms with Gasteiger partial charge in [0.25, 0.3) is 0 Å². The van der Waals surface area contributed by atoms with Crippen molar-refractivity contribution in [2.24, 2.45) is 28.1 Å². The zero-order valence-corrected chi connectivity index (χ0v) is 34.2. The van der Waals surface area contributed by atoms with Crippen molar-refractivity contribution in [1.29, 1.82) is 0 Å². The van der Waals surface area contributed by atoms with Crippen LogP contribution in [0.3, 0.4) is 0 Å². The Kier molecular flexibility index (Phi) is 13.9. The van der Waals surface area contributed by atoms with Gasteiger partial charge in [-0.15, -0.1) is 0 Å². The van der Waals surface area contributed by atoms with Crippen LogP contribution < -0.4 is 26.0 Å². The average molecular weight is 791 g/mol. The Morgan fingerprint density at radius 3 is 2.19 bits per heavy atom. The number of alkyl halides is 2. The Labute approximate surface area is 317 Å². The summed E-state index contributed by atoms with van der Waals surface area (Å²) in [5.41, 5.74) is -0.956. The third-order valence-electron chi connectivity index (χ3n) is 10.5. The van der Waals surface area contributed by atoms with Crippen molar-refractivity contribution in [3.05, 3.63) is 28.8 Å². The van der Waals surface area contributed by atoms with Crippen molar-refractivity contribution in [3.8, 4) is 5.75 Å². The van der Waals surface area contributed by atoms with Gasteiger partial charge in [-0.3, -0.25) is 14.4 Å². The SMILES string of the molecule is COc1ccc(CCNC(=O)[C@H](CC(F)F)NC(=O)[C@@H]2[C@@H]3[C@H](CN2C(=O)[C@@H](NC(=O)N[C@H](CN(C)S(C)(=O)=O)C(C)(C)C)C(C)(C)C)C3(C)C)cc1Cl. The molecular formula is C36H57ClF2N6O7S. The van der Waals surface area contributed by atoms with Gasteiger partial charge in [-0.25, -0.2) is 26.3 Å². The molecule has 1 aliphatic carbocycles. The number of hydrogen-bond acceptors (Lipinski definition) is 7. The number of fused-ring (bicyclic) bond motifs is 1. The van der Waals surface area contributed by atoms with Crippen LogP contribution in [0.1, 0.15) is 67.4 Å². The molecule has 53 heavy (non-hydrogen) atoms. The van der Waals surface area contributed by atoms with E-state index in [4.69, 9.17) is 16.3 Å². The molecule has 1 heterocycles. The molecule has 0 aromatic heterocycles. The number of sulfonamides is 1. The molecule has 1 aromatic rings. The Morgan fingerprint density at radius 1 is 1.06 bits per heavy atom. The molecule has 2 fully saturated rings. The highest BCUT2D eigenvalue weighted by atomic mass is 35.5. The summed E-state index contributed by atoms with van der Waals surface area (Å²) in [6.07, 6.45) is -2.42. The second-order valence-corrected chi connectivity index (χ2v) is 19.5. The normalized spacial score (nSPS) is 21.4. The first-order chi connectivity index (χ1) is 24.2. The minimum atomic E-state index is -3.54. The maximum Gasteiger partial charge on any atom is 0.315 e. The lowest BCUT2D eigenvalue weighted by Gasteiger charge is -2.39. The standard InChI is InChI=1S/C36H57ClF2N6O7S/c1-34(2,3)25(19-44(9)53(11,50)51)42-33(49)43-29(35(4,5)6)32(48)45-18-21-27(36(21,7)8)28(45)31(47)41-23(17-26(38)39)30(46)40-15-14-20-12-13-24(52-10)22(37)16-20/h12-13,16,21,23,25-29H,14-15,17-19H2,1-11H3,(H,40,46)(H,41,47)(H2,42,43,49)/t21-,23-,25+,27-,28-,29+/m0/s1. The van der Waals surface area contributed by atoms with E-state index in [1.807, 2.05) is 34.6 Å². The zero-order valence-electron chi connectivity index (χ0n) is 32.6. The number of amides is 5. The molecule has 13 nitrogen and oxygen atoms in total. The van der Waals surface area contributed by atoms with Gasteiger partial charge in [0.2, 0.25) is 34.2 Å². The van der Waals surface area contributed by atoms with Crippen molar-refractivity contribution < 1.29 is 41.1 Å². The van der Waals surface area contributed by atoms with E-state index in [1.165, 1.54) is 19.1 Å². The third-order valence-corrected chi connectivity index (χ3v) is 12.1. The van der Waals surface area contributed by atoms with Gasteiger partial charge in [-0.1, -0.05) is 73.1 Å². The molecule has 17 heteroatoms. The van der Waals surface area contributed by atoms with Crippen LogP contribution in [-0.4, -0.2) is 112 Å². The lowest BCUT2D eigenvalue weighted by atomic mass is 9.85. The van der Waals surface area contributed by atoms with Crippen molar-refractivity contribution in [1.82, 2.24) is 30.5 Å². The van der Waals surface area contributed by atoms with Gasteiger partial charge < -0.3 is 30.9 Å². The molecule has 0 radical (unpaired) electrons. The number of methoxy groups -OCH3 is 1. The van der Waals surface area contributed by atoms with E-state index >= 15 is 0 Å². The summed E-state index contributed by atoms with van der Waals surface area (Å²) in [7, 11) is -0.647. The smallest absolute Gasteiger partial charge is 0.315 e. The Bertz CT molecular complexity index is 1630. The molecule has 6 atom stereocenters. The summed E-state index contributed by atoms with van der Waals surface area (Å²) in [6, 6.07) is 0.0146. The number of rotatable bonds is 15. The Morgan fingerprint density at radius 2 is 1.68 bits per heavy atom. The predicted molar refractivity (Wildman–Crippen MR) is 199 cm³/mol. The number of ether oxygens (including phenoxy) is 1. The van der Waals surface area contributed by atoms with E-state index < -0.39 is 81.6 Å². The third kappa shape index (κ3) is 11.2. The minimum Gasteiger partial charge on any atom is -0.495 e. The highest BCUT2D eigenvalue weighted by Gasteiger charge is 2.70. The van der Waals surface area contributed by atoms with Crippen LogP contribution in [0.25, 0.3) is 0 Å². The van der Waals surface area contributed by atoms with Crippen LogP contribution in [0.2, 0.25) is 5.02 Å². The van der Waals surface area contributed by atoms with Gasteiger partial charge >= 0.3 is 6.03 Å². The van der Waals surface area contributed by atoms with Crippen molar-refractivity contribution in [2.45, 2.75) is 98.8 Å². The van der Waals surface area contributed by atoms with Gasteiger partial charge in [0.05, 0.1) is 18.4 Å². The Hall–Kier alpha value is -3.24. The first-order valence-electron chi connectivity index (χ1n) is 17.7. The van der Waals surface area contributed by atoms with E-state index in [-0.39, 0.29) is 36.9 Å². The van der Waals surface area contributed by atoms with Gasteiger partial charge in [-0.2, -0.15) is 0 Å². The number of urea groups is 1. The number of piperidine rings is 1. The lowest BCUT2D eigenvalue weighted by molar-refractivity contribution is -0.144. The van der Waals surface area contributed by atoms with Crippen LogP contribution in [0.15, 0.2) is 18.2 Å². The van der Waals surface area contributed by atoms with Crippen LogP contribution in [0.5, 0.6) is 5.75 Å². The molecule has 2 aliphatic rings. The molecule has 1 aliphatic heterocycles. The fourth-order valence-corrected chi connectivity index (χ4v) is 7.57. The second kappa shape index (κ2) is 16.6. The molecule has 3 rings (SSSR count). The first kappa shape index (κ1) is 44.2. The summed E-state index contributed by atoms with van der Waals surface area (Å²) in [4.78, 5) is 56.4. The number of benzene rings is 1. The van der Waals surface area contributed by atoms with Crippen molar-refractivity contribution in [3.63, 3.8) is 0 Å². The molecule has 0 spiro atoms. The van der Waals surface area contributed by atoms with Gasteiger partial charge in [0.15, 0.2) is 0 Å². The fraction of sp³-hybridized carbons (Fsp3) is 0.722. The molecule has 300 valence electrons. The van der Waals surface area contributed by atoms with Crippen LogP contribution >= 0.6 is 11.6 Å².